The molecule has 1 aromatic heterocycles. The SMILES string of the molecule is COc1c(C(F)F)ncc(I)c1I. The Labute approximate surface area is 101 Å². The van der Waals surface area contributed by atoms with Gasteiger partial charge in [-0.25, -0.2) is 8.78 Å². The van der Waals surface area contributed by atoms with Gasteiger partial charge in [-0.15, -0.1) is 0 Å². The van der Waals surface area contributed by atoms with E-state index in [4.69, 9.17) is 4.74 Å². The van der Waals surface area contributed by atoms with E-state index in [1.165, 1.54) is 13.3 Å². The van der Waals surface area contributed by atoms with Gasteiger partial charge >= 0.3 is 0 Å². The van der Waals surface area contributed by atoms with Crippen LogP contribution in [0.25, 0.3) is 0 Å². The third-order valence-corrected chi connectivity index (χ3v) is 4.29. The molecule has 1 rings (SSSR count). The molecule has 0 saturated carbocycles. The van der Waals surface area contributed by atoms with Gasteiger partial charge in [0.05, 0.1) is 10.7 Å². The van der Waals surface area contributed by atoms with Crippen molar-refractivity contribution in [1.82, 2.24) is 4.98 Å². The molecule has 1 aromatic rings. The number of hydrogen-bond acceptors (Lipinski definition) is 2. The van der Waals surface area contributed by atoms with E-state index < -0.39 is 6.43 Å². The second kappa shape index (κ2) is 4.67. The molecule has 13 heavy (non-hydrogen) atoms. The van der Waals surface area contributed by atoms with Gasteiger partial charge in [0.1, 0.15) is 5.69 Å². The summed E-state index contributed by atoms with van der Waals surface area (Å²) in [5.41, 5.74) is -0.299. The average Bonchev–Trinajstić information content (AvgIpc) is 2.09. The molecule has 0 aromatic carbocycles. The van der Waals surface area contributed by atoms with Crippen LogP contribution in [-0.2, 0) is 0 Å². The van der Waals surface area contributed by atoms with Crippen LogP contribution in [0, 0.1) is 7.14 Å². The summed E-state index contributed by atoms with van der Waals surface area (Å²) >= 11 is 3.98. The number of rotatable bonds is 2. The molecule has 0 spiro atoms. The molecule has 1 heterocycles. The van der Waals surface area contributed by atoms with Crippen molar-refractivity contribution < 1.29 is 13.5 Å². The van der Waals surface area contributed by atoms with Gasteiger partial charge in [-0.3, -0.25) is 4.98 Å². The van der Waals surface area contributed by atoms with Crippen molar-refractivity contribution in [2.75, 3.05) is 7.11 Å². The van der Waals surface area contributed by atoms with Gasteiger partial charge in [0.15, 0.2) is 5.75 Å². The molecular formula is C7H5F2I2NO. The van der Waals surface area contributed by atoms with Crippen molar-refractivity contribution in [3.05, 3.63) is 19.0 Å². The van der Waals surface area contributed by atoms with E-state index in [1.54, 1.807) is 0 Å². The molecule has 6 heteroatoms. The third kappa shape index (κ3) is 2.39. The van der Waals surface area contributed by atoms with Crippen LogP contribution in [0.5, 0.6) is 5.75 Å². The normalized spacial score (nSPS) is 10.6. The lowest BCUT2D eigenvalue weighted by Gasteiger charge is -2.09. The minimum atomic E-state index is -2.60. The van der Waals surface area contributed by atoms with Crippen molar-refractivity contribution >= 4 is 45.2 Å². The maximum absolute atomic E-state index is 12.4. The zero-order valence-corrected chi connectivity index (χ0v) is 10.8. The molecule has 2 nitrogen and oxygen atoms in total. The Kier molecular flexibility index (Phi) is 4.07. The van der Waals surface area contributed by atoms with Gasteiger partial charge in [0.2, 0.25) is 0 Å². The summed E-state index contributed by atoms with van der Waals surface area (Å²) in [7, 11) is 1.36. The predicted molar refractivity (Wildman–Crippen MR) is 61.2 cm³/mol. The lowest BCUT2D eigenvalue weighted by atomic mass is 10.3. The average molecular weight is 411 g/mol. The van der Waals surface area contributed by atoms with E-state index in [-0.39, 0.29) is 11.4 Å². The second-order valence-electron chi connectivity index (χ2n) is 2.14. The summed E-state index contributed by atoms with van der Waals surface area (Å²) in [6.45, 7) is 0. The van der Waals surface area contributed by atoms with Gasteiger partial charge in [-0.2, -0.15) is 0 Å². The Morgan fingerprint density at radius 2 is 2.08 bits per heavy atom. The predicted octanol–water partition coefficient (Wildman–Crippen LogP) is 3.24. The van der Waals surface area contributed by atoms with Crippen molar-refractivity contribution in [3.8, 4) is 5.75 Å². The number of halogens is 4. The molecule has 0 fully saturated rings. The first-order chi connectivity index (χ1) is 6.07. The molecule has 0 amide bonds. The molecule has 0 radical (unpaired) electrons. The highest BCUT2D eigenvalue weighted by molar-refractivity contribution is 14.1. The highest BCUT2D eigenvalue weighted by atomic mass is 127. The summed E-state index contributed by atoms with van der Waals surface area (Å²) in [5.74, 6) is 0.169. The Balaban J connectivity index is 3.30. The quantitative estimate of drug-likeness (QED) is 0.698. The van der Waals surface area contributed by atoms with Crippen molar-refractivity contribution in [1.29, 1.82) is 0 Å². The Morgan fingerprint density at radius 1 is 1.46 bits per heavy atom. The van der Waals surface area contributed by atoms with Crippen molar-refractivity contribution in [2.24, 2.45) is 0 Å². The number of ether oxygens (including phenoxy) is 1. The lowest BCUT2D eigenvalue weighted by molar-refractivity contribution is 0.141. The van der Waals surface area contributed by atoms with Crippen LogP contribution in [0.4, 0.5) is 8.78 Å². The van der Waals surface area contributed by atoms with Gasteiger partial charge in [-0.1, -0.05) is 0 Å². The Morgan fingerprint density at radius 3 is 2.54 bits per heavy atom. The zero-order chi connectivity index (χ0) is 10.0. The van der Waals surface area contributed by atoms with E-state index in [1.807, 2.05) is 45.2 Å². The van der Waals surface area contributed by atoms with E-state index in [0.717, 1.165) is 3.57 Å². The largest absolute Gasteiger partial charge is 0.493 e. The molecular weight excluding hydrogens is 406 g/mol. The molecule has 72 valence electrons. The van der Waals surface area contributed by atoms with Crippen LogP contribution in [0.3, 0.4) is 0 Å². The second-order valence-corrected chi connectivity index (χ2v) is 4.38. The molecule has 0 saturated heterocycles. The van der Waals surface area contributed by atoms with Gasteiger partial charge < -0.3 is 4.74 Å². The first kappa shape index (κ1) is 11.3. The fourth-order valence-electron chi connectivity index (χ4n) is 0.812. The molecule has 0 atom stereocenters. The third-order valence-electron chi connectivity index (χ3n) is 1.37. The zero-order valence-electron chi connectivity index (χ0n) is 6.52. The van der Waals surface area contributed by atoms with Gasteiger partial charge in [0, 0.05) is 9.77 Å². The van der Waals surface area contributed by atoms with Crippen LogP contribution in [0.15, 0.2) is 6.20 Å². The Hall–Kier alpha value is 0.270. The van der Waals surface area contributed by atoms with Crippen LogP contribution < -0.4 is 4.74 Å². The first-order valence-electron chi connectivity index (χ1n) is 3.24. The molecule has 0 aliphatic carbocycles. The summed E-state index contributed by atoms with van der Waals surface area (Å²) in [5, 5.41) is 0. The molecule has 0 unspecified atom stereocenters. The topological polar surface area (TPSA) is 22.1 Å². The summed E-state index contributed by atoms with van der Waals surface area (Å²) in [6, 6.07) is 0. The molecule has 0 aliphatic heterocycles. The van der Waals surface area contributed by atoms with Gasteiger partial charge in [0.25, 0.3) is 6.43 Å². The highest BCUT2D eigenvalue weighted by Gasteiger charge is 2.19. The number of alkyl halides is 2. The van der Waals surface area contributed by atoms with E-state index in [2.05, 4.69) is 4.98 Å². The number of methoxy groups -OCH3 is 1. The standard InChI is InChI=1S/C7H5F2I2NO/c1-13-6-4(11)3(10)2-12-5(6)7(8)9/h2,7H,1H3. The first-order valence-corrected chi connectivity index (χ1v) is 5.39. The van der Waals surface area contributed by atoms with Crippen LogP contribution >= 0.6 is 45.2 Å². The number of pyridine rings is 1. The van der Waals surface area contributed by atoms with Crippen LogP contribution in [0.1, 0.15) is 12.1 Å². The number of nitrogens with zero attached hydrogens (tertiary/aromatic N) is 1. The Bertz CT molecular complexity index is 320. The van der Waals surface area contributed by atoms with Crippen molar-refractivity contribution in [3.63, 3.8) is 0 Å². The highest BCUT2D eigenvalue weighted by Crippen LogP contribution is 2.33. The summed E-state index contributed by atoms with van der Waals surface area (Å²) < 4.78 is 31.1. The van der Waals surface area contributed by atoms with E-state index >= 15 is 0 Å². The molecule has 0 aliphatic rings. The number of hydrogen-bond donors (Lipinski definition) is 0. The summed E-state index contributed by atoms with van der Waals surface area (Å²) in [6.07, 6.45) is -1.19. The minimum Gasteiger partial charge on any atom is -0.493 e. The summed E-state index contributed by atoms with van der Waals surface area (Å²) in [4.78, 5) is 3.62. The molecule has 0 bridgehead atoms. The number of aromatic nitrogens is 1. The van der Waals surface area contributed by atoms with E-state index in [0.29, 0.717) is 3.57 Å². The van der Waals surface area contributed by atoms with Crippen LogP contribution in [0.2, 0.25) is 0 Å². The maximum atomic E-state index is 12.4. The van der Waals surface area contributed by atoms with E-state index in [9.17, 15) is 8.78 Å². The van der Waals surface area contributed by atoms with Crippen LogP contribution in [-0.4, -0.2) is 12.1 Å². The van der Waals surface area contributed by atoms with Crippen molar-refractivity contribution in [2.45, 2.75) is 6.43 Å². The monoisotopic (exact) mass is 411 g/mol. The fourth-order valence-corrected chi connectivity index (χ4v) is 1.83. The molecule has 0 N–H and O–H groups in total. The maximum Gasteiger partial charge on any atom is 0.284 e. The smallest absolute Gasteiger partial charge is 0.284 e. The fraction of sp³-hybridized carbons (Fsp3) is 0.286. The lowest BCUT2D eigenvalue weighted by Crippen LogP contribution is -2.00. The minimum absolute atomic E-state index is 0.169. The van der Waals surface area contributed by atoms with Gasteiger partial charge in [-0.05, 0) is 45.2 Å².